The summed E-state index contributed by atoms with van der Waals surface area (Å²) in [6.45, 7) is 0. The number of rotatable bonds is 7. The molecule has 0 aliphatic heterocycles. The van der Waals surface area contributed by atoms with Crippen LogP contribution in [0.5, 0.6) is 17.2 Å². The number of hydrogen-bond donors (Lipinski definition) is 0. The molecule has 148 valence electrons. The molecular weight excluding hydrogens is 412 g/mol. The average molecular weight is 429 g/mol. The van der Waals surface area contributed by atoms with Gasteiger partial charge in [-0.15, -0.1) is 11.3 Å². The van der Waals surface area contributed by atoms with Crippen LogP contribution in [0.25, 0.3) is 11.3 Å². The molecule has 2 aromatic carbocycles. The third-order valence-corrected chi connectivity index (χ3v) is 5.41. The molecule has 0 N–H and O–H groups in total. The van der Waals surface area contributed by atoms with E-state index in [2.05, 4.69) is 11.1 Å². The summed E-state index contributed by atoms with van der Waals surface area (Å²) in [5.74, 6) is -0.396. The molecule has 0 aliphatic rings. The second kappa shape index (κ2) is 8.95. The van der Waals surface area contributed by atoms with Crippen LogP contribution >= 0.6 is 22.9 Å². The molecule has 0 saturated heterocycles. The first-order valence-corrected chi connectivity index (χ1v) is 9.73. The number of halogens is 1. The predicted molar refractivity (Wildman–Crippen MR) is 111 cm³/mol. The van der Waals surface area contributed by atoms with Gasteiger partial charge in [0.2, 0.25) is 5.75 Å². The Hall–Kier alpha value is -3.08. The zero-order valence-corrected chi connectivity index (χ0v) is 17.5. The van der Waals surface area contributed by atoms with Gasteiger partial charge in [0, 0.05) is 21.5 Å². The number of ether oxygens (including phenoxy) is 3. The number of hydrogen-bond acceptors (Lipinski definition) is 7. The lowest BCUT2D eigenvalue weighted by molar-refractivity contribution is 0.0978. The van der Waals surface area contributed by atoms with Crippen molar-refractivity contribution in [2.75, 3.05) is 21.3 Å². The molecular formula is C21H17ClN2O4S. The summed E-state index contributed by atoms with van der Waals surface area (Å²) in [7, 11) is 4.41. The van der Waals surface area contributed by atoms with Crippen LogP contribution in [-0.4, -0.2) is 32.1 Å². The van der Waals surface area contributed by atoms with Gasteiger partial charge in [-0.3, -0.25) is 4.79 Å². The number of methoxy groups -OCH3 is 3. The fourth-order valence-electron chi connectivity index (χ4n) is 2.79. The van der Waals surface area contributed by atoms with E-state index in [1.807, 2.05) is 17.5 Å². The molecule has 0 saturated carbocycles. The lowest BCUT2D eigenvalue weighted by Gasteiger charge is -2.14. The predicted octanol–water partition coefficient (Wildman–Crippen LogP) is 4.98. The van der Waals surface area contributed by atoms with Crippen LogP contribution < -0.4 is 14.2 Å². The van der Waals surface area contributed by atoms with Crippen LogP contribution in [0.3, 0.4) is 0 Å². The molecule has 1 atom stereocenters. The zero-order valence-electron chi connectivity index (χ0n) is 15.9. The molecule has 1 unspecified atom stereocenters. The van der Waals surface area contributed by atoms with E-state index in [4.69, 9.17) is 25.8 Å². The molecule has 0 radical (unpaired) electrons. The van der Waals surface area contributed by atoms with E-state index >= 15 is 0 Å². The monoisotopic (exact) mass is 428 g/mol. The molecule has 0 amide bonds. The smallest absolute Gasteiger partial charge is 0.203 e. The molecule has 3 aromatic rings. The van der Waals surface area contributed by atoms with Crippen molar-refractivity contribution in [3.8, 4) is 34.6 Å². The van der Waals surface area contributed by atoms with Crippen molar-refractivity contribution in [2.45, 2.75) is 5.92 Å². The molecule has 1 heterocycles. The zero-order chi connectivity index (χ0) is 21.0. The standard InChI is InChI=1S/C21H17ClN2O4S/c1-26-17-8-13(9-18(27-2)20(17)28-3)19(25)15(10-23)21-24-16(11-29-21)12-4-6-14(22)7-5-12/h4-9,11,15H,1-3H3. The molecule has 3 rings (SSSR count). The van der Waals surface area contributed by atoms with E-state index in [0.29, 0.717) is 33.0 Å². The third kappa shape index (κ3) is 4.19. The first-order valence-electron chi connectivity index (χ1n) is 8.47. The van der Waals surface area contributed by atoms with E-state index < -0.39 is 11.7 Å². The minimum atomic E-state index is -1.05. The highest BCUT2D eigenvalue weighted by Gasteiger charge is 2.27. The van der Waals surface area contributed by atoms with Crippen LogP contribution in [0.4, 0.5) is 0 Å². The van der Waals surface area contributed by atoms with Gasteiger partial charge in [-0.2, -0.15) is 5.26 Å². The second-order valence-corrected chi connectivity index (χ2v) is 7.24. The van der Waals surface area contributed by atoms with Crippen molar-refractivity contribution in [1.82, 2.24) is 4.98 Å². The van der Waals surface area contributed by atoms with Crippen molar-refractivity contribution in [3.05, 3.63) is 57.4 Å². The number of nitrogens with zero attached hydrogens (tertiary/aromatic N) is 2. The Bertz CT molecular complexity index is 1050. The fourth-order valence-corrected chi connectivity index (χ4v) is 3.78. The number of carbonyl (C=O) groups excluding carboxylic acids is 1. The van der Waals surface area contributed by atoms with Crippen LogP contribution in [0.2, 0.25) is 5.02 Å². The lowest BCUT2D eigenvalue weighted by Crippen LogP contribution is -2.12. The topological polar surface area (TPSA) is 81.4 Å². The number of aromatic nitrogens is 1. The maximum Gasteiger partial charge on any atom is 0.203 e. The second-order valence-electron chi connectivity index (χ2n) is 5.92. The first kappa shape index (κ1) is 20.6. The lowest BCUT2D eigenvalue weighted by atomic mass is 9.98. The summed E-state index contributed by atoms with van der Waals surface area (Å²) in [6.07, 6.45) is 0. The molecule has 0 aliphatic carbocycles. The molecule has 0 bridgehead atoms. The first-order chi connectivity index (χ1) is 14.0. The summed E-state index contributed by atoms with van der Waals surface area (Å²) < 4.78 is 15.9. The number of Topliss-reactive ketones (excluding diaryl/α,β-unsaturated/α-hetero) is 1. The van der Waals surface area contributed by atoms with Gasteiger partial charge in [0.05, 0.1) is 33.1 Å². The number of ketones is 1. The Balaban J connectivity index is 1.96. The maximum atomic E-state index is 13.1. The van der Waals surface area contributed by atoms with Gasteiger partial charge in [-0.25, -0.2) is 4.98 Å². The summed E-state index contributed by atoms with van der Waals surface area (Å²) in [5.41, 5.74) is 1.81. The number of benzene rings is 2. The largest absolute Gasteiger partial charge is 0.493 e. The third-order valence-electron chi connectivity index (χ3n) is 4.25. The highest BCUT2D eigenvalue weighted by molar-refractivity contribution is 7.10. The van der Waals surface area contributed by atoms with E-state index in [9.17, 15) is 10.1 Å². The van der Waals surface area contributed by atoms with Gasteiger partial charge in [-0.1, -0.05) is 23.7 Å². The van der Waals surface area contributed by atoms with Crippen LogP contribution in [0.15, 0.2) is 41.8 Å². The minimum Gasteiger partial charge on any atom is -0.493 e. The Labute approximate surface area is 177 Å². The number of carbonyl (C=O) groups is 1. The molecule has 0 fully saturated rings. The molecule has 29 heavy (non-hydrogen) atoms. The van der Waals surface area contributed by atoms with E-state index in [1.54, 1.807) is 12.1 Å². The van der Waals surface area contributed by atoms with Crippen LogP contribution in [-0.2, 0) is 0 Å². The van der Waals surface area contributed by atoms with E-state index in [0.717, 1.165) is 5.56 Å². The van der Waals surface area contributed by atoms with Gasteiger partial charge < -0.3 is 14.2 Å². The van der Waals surface area contributed by atoms with Crippen molar-refractivity contribution >= 4 is 28.7 Å². The van der Waals surface area contributed by atoms with Crippen LogP contribution in [0, 0.1) is 11.3 Å². The van der Waals surface area contributed by atoms with Gasteiger partial charge in [0.1, 0.15) is 5.01 Å². The van der Waals surface area contributed by atoms with Gasteiger partial charge in [0.15, 0.2) is 23.2 Å². The Morgan fingerprint density at radius 2 is 1.72 bits per heavy atom. The highest BCUT2D eigenvalue weighted by Crippen LogP contribution is 2.39. The van der Waals surface area contributed by atoms with Crippen molar-refractivity contribution in [1.29, 1.82) is 5.26 Å². The van der Waals surface area contributed by atoms with Gasteiger partial charge in [0.25, 0.3) is 0 Å². The van der Waals surface area contributed by atoms with E-state index in [-0.39, 0.29) is 5.56 Å². The minimum absolute atomic E-state index is 0.272. The maximum absolute atomic E-state index is 13.1. The molecule has 6 nitrogen and oxygen atoms in total. The Morgan fingerprint density at radius 1 is 1.10 bits per heavy atom. The Morgan fingerprint density at radius 3 is 2.24 bits per heavy atom. The summed E-state index contributed by atoms with van der Waals surface area (Å²) >= 11 is 7.18. The molecule has 0 spiro atoms. The normalized spacial score (nSPS) is 11.4. The van der Waals surface area contributed by atoms with Crippen molar-refractivity contribution < 1.29 is 19.0 Å². The fraction of sp³-hybridized carbons (Fsp3) is 0.190. The summed E-state index contributed by atoms with van der Waals surface area (Å²) in [6, 6.07) is 12.3. The van der Waals surface area contributed by atoms with Crippen LogP contribution in [0.1, 0.15) is 21.3 Å². The van der Waals surface area contributed by atoms with Gasteiger partial charge in [-0.05, 0) is 24.3 Å². The van der Waals surface area contributed by atoms with Gasteiger partial charge >= 0.3 is 0 Å². The number of nitriles is 1. The van der Waals surface area contributed by atoms with E-state index in [1.165, 1.54) is 44.8 Å². The average Bonchev–Trinajstić information content (AvgIpc) is 3.23. The summed E-state index contributed by atoms with van der Waals surface area (Å²) in [5, 5.41) is 12.5. The highest BCUT2D eigenvalue weighted by atomic mass is 35.5. The molecule has 1 aromatic heterocycles. The quantitative estimate of drug-likeness (QED) is 0.493. The van der Waals surface area contributed by atoms with Crippen molar-refractivity contribution in [2.24, 2.45) is 0 Å². The SMILES string of the molecule is COc1cc(C(=O)C(C#N)c2nc(-c3ccc(Cl)cc3)cs2)cc(OC)c1OC. The Kier molecular flexibility index (Phi) is 6.37. The molecule has 8 heteroatoms. The summed E-state index contributed by atoms with van der Waals surface area (Å²) in [4.78, 5) is 17.6. The number of thiazole rings is 1. The van der Waals surface area contributed by atoms with Crippen molar-refractivity contribution in [3.63, 3.8) is 0 Å².